The lowest BCUT2D eigenvalue weighted by Crippen LogP contribution is -2.41. The van der Waals surface area contributed by atoms with Crippen molar-refractivity contribution in [2.45, 2.75) is 51.7 Å². The summed E-state index contributed by atoms with van der Waals surface area (Å²) in [6, 6.07) is 3.72. The van der Waals surface area contributed by atoms with E-state index in [2.05, 4.69) is 13.8 Å². The van der Waals surface area contributed by atoms with E-state index in [1.807, 2.05) is 4.90 Å². The Morgan fingerprint density at radius 2 is 2.16 bits per heavy atom. The van der Waals surface area contributed by atoms with Crippen LogP contribution in [-0.2, 0) is 11.3 Å². The summed E-state index contributed by atoms with van der Waals surface area (Å²) >= 11 is 0. The van der Waals surface area contributed by atoms with E-state index in [0.717, 1.165) is 19.3 Å². The fourth-order valence-corrected chi connectivity index (χ4v) is 2.90. The van der Waals surface area contributed by atoms with Crippen molar-refractivity contribution in [1.82, 2.24) is 9.47 Å². The maximum atomic E-state index is 12.4. The van der Waals surface area contributed by atoms with Crippen LogP contribution in [0.2, 0.25) is 0 Å². The molecule has 0 aliphatic carbocycles. The topological polar surface area (TPSA) is 62.5 Å². The van der Waals surface area contributed by atoms with Crippen molar-refractivity contribution >= 4 is 11.9 Å². The molecule has 1 aromatic rings. The van der Waals surface area contributed by atoms with E-state index in [0.29, 0.717) is 6.04 Å². The molecule has 0 radical (unpaired) electrons. The van der Waals surface area contributed by atoms with Gasteiger partial charge in [-0.15, -0.1) is 0 Å². The number of carbonyl (C=O) groups is 2. The van der Waals surface area contributed by atoms with Crippen LogP contribution >= 0.6 is 0 Å². The van der Waals surface area contributed by atoms with E-state index in [1.165, 1.54) is 10.6 Å². The molecule has 1 amide bonds. The largest absolute Gasteiger partial charge is 0.477 e. The van der Waals surface area contributed by atoms with Gasteiger partial charge in [0, 0.05) is 18.3 Å². The van der Waals surface area contributed by atoms with Crippen molar-refractivity contribution in [2.75, 3.05) is 0 Å². The van der Waals surface area contributed by atoms with Crippen LogP contribution in [0.5, 0.6) is 0 Å². The minimum Gasteiger partial charge on any atom is -0.477 e. The Morgan fingerprint density at radius 3 is 2.79 bits per heavy atom. The first-order valence-corrected chi connectivity index (χ1v) is 6.74. The molecule has 0 saturated carbocycles. The molecule has 5 nitrogen and oxygen atoms in total. The third-order valence-electron chi connectivity index (χ3n) is 3.90. The summed E-state index contributed by atoms with van der Waals surface area (Å²) in [6.07, 6.45) is 4.67. The van der Waals surface area contributed by atoms with E-state index in [-0.39, 0.29) is 24.2 Å². The van der Waals surface area contributed by atoms with E-state index in [4.69, 9.17) is 5.11 Å². The Balaban J connectivity index is 2.12. The second-order valence-corrected chi connectivity index (χ2v) is 5.12. The molecule has 1 N–H and O–H groups in total. The first kappa shape index (κ1) is 13.6. The van der Waals surface area contributed by atoms with Gasteiger partial charge in [0.15, 0.2) is 0 Å². The van der Waals surface area contributed by atoms with Crippen LogP contribution in [0, 0.1) is 0 Å². The predicted octanol–water partition coefficient (Wildman–Crippen LogP) is 1.98. The summed E-state index contributed by atoms with van der Waals surface area (Å²) in [4.78, 5) is 25.3. The molecule has 0 spiro atoms. The molecule has 5 heteroatoms. The average molecular weight is 264 g/mol. The van der Waals surface area contributed by atoms with Gasteiger partial charge in [-0.2, -0.15) is 0 Å². The van der Waals surface area contributed by atoms with E-state index in [9.17, 15) is 9.59 Å². The third-order valence-corrected chi connectivity index (χ3v) is 3.90. The SMILES string of the molecule is CCC1CCC(C)N1C(=O)Cn1cccc1C(=O)O. The van der Waals surface area contributed by atoms with Crippen molar-refractivity contribution in [3.63, 3.8) is 0 Å². The van der Waals surface area contributed by atoms with Crippen LogP contribution in [0.25, 0.3) is 0 Å². The number of aromatic nitrogens is 1. The lowest BCUT2D eigenvalue weighted by Gasteiger charge is -2.28. The molecular formula is C14H20N2O3. The fraction of sp³-hybridized carbons (Fsp3) is 0.571. The van der Waals surface area contributed by atoms with Gasteiger partial charge < -0.3 is 14.6 Å². The van der Waals surface area contributed by atoms with Crippen molar-refractivity contribution < 1.29 is 14.7 Å². The fourth-order valence-electron chi connectivity index (χ4n) is 2.90. The molecule has 0 aromatic carbocycles. The number of hydrogen-bond acceptors (Lipinski definition) is 2. The van der Waals surface area contributed by atoms with Crippen molar-refractivity contribution in [3.8, 4) is 0 Å². The number of aromatic carboxylic acids is 1. The molecule has 19 heavy (non-hydrogen) atoms. The van der Waals surface area contributed by atoms with E-state index >= 15 is 0 Å². The molecular weight excluding hydrogens is 244 g/mol. The molecule has 2 atom stereocenters. The number of likely N-dealkylation sites (tertiary alicyclic amines) is 1. The van der Waals surface area contributed by atoms with Gasteiger partial charge in [0.25, 0.3) is 0 Å². The van der Waals surface area contributed by atoms with Crippen molar-refractivity contribution in [3.05, 3.63) is 24.0 Å². The Morgan fingerprint density at radius 1 is 1.42 bits per heavy atom. The molecule has 104 valence electrons. The highest BCUT2D eigenvalue weighted by atomic mass is 16.4. The summed E-state index contributed by atoms with van der Waals surface area (Å²) in [5, 5.41) is 9.04. The van der Waals surface area contributed by atoms with Crippen LogP contribution in [0.15, 0.2) is 18.3 Å². The van der Waals surface area contributed by atoms with Gasteiger partial charge in [-0.1, -0.05) is 6.92 Å². The Kier molecular flexibility index (Phi) is 3.93. The minimum atomic E-state index is -1.00. The van der Waals surface area contributed by atoms with Gasteiger partial charge in [-0.05, 0) is 38.3 Å². The summed E-state index contributed by atoms with van der Waals surface area (Å²) in [7, 11) is 0. The monoisotopic (exact) mass is 264 g/mol. The lowest BCUT2D eigenvalue weighted by atomic mass is 10.1. The normalized spacial score (nSPS) is 22.7. The highest BCUT2D eigenvalue weighted by Crippen LogP contribution is 2.26. The number of hydrogen-bond donors (Lipinski definition) is 1. The number of carbonyl (C=O) groups excluding carboxylic acids is 1. The first-order valence-electron chi connectivity index (χ1n) is 6.74. The molecule has 2 heterocycles. The van der Waals surface area contributed by atoms with E-state index in [1.54, 1.807) is 12.3 Å². The zero-order valence-corrected chi connectivity index (χ0v) is 11.4. The predicted molar refractivity (Wildman–Crippen MR) is 71.0 cm³/mol. The zero-order chi connectivity index (χ0) is 14.0. The summed E-state index contributed by atoms with van der Waals surface area (Å²) in [6.45, 7) is 4.25. The molecule has 1 saturated heterocycles. The van der Waals surface area contributed by atoms with Gasteiger partial charge in [0.05, 0.1) is 0 Å². The van der Waals surface area contributed by atoms with Crippen LogP contribution in [0.4, 0.5) is 0 Å². The van der Waals surface area contributed by atoms with Gasteiger partial charge >= 0.3 is 5.97 Å². The zero-order valence-electron chi connectivity index (χ0n) is 11.4. The number of rotatable bonds is 4. The summed E-state index contributed by atoms with van der Waals surface area (Å²) < 4.78 is 1.50. The molecule has 2 rings (SSSR count). The summed E-state index contributed by atoms with van der Waals surface area (Å²) in [5.41, 5.74) is 0.160. The van der Waals surface area contributed by atoms with Gasteiger partial charge in [-0.25, -0.2) is 4.79 Å². The van der Waals surface area contributed by atoms with Crippen LogP contribution in [0.3, 0.4) is 0 Å². The second kappa shape index (κ2) is 5.47. The maximum absolute atomic E-state index is 12.4. The van der Waals surface area contributed by atoms with Gasteiger partial charge in [0.1, 0.15) is 12.2 Å². The quantitative estimate of drug-likeness (QED) is 0.904. The molecule has 2 unspecified atom stereocenters. The Bertz CT molecular complexity index is 481. The molecule has 1 fully saturated rings. The number of carboxylic acid groups (broad SMARTS) is 1. The highest BCUT2D eigenvalue weighted by molar-refractivity contribution is 5.87. The third kappa shape index (κ3) is 2.64. The van der Waals surface area contributed by atoms with E-state index < -0.39 is 5.97 Å². The van der Waals surface area contributed by atoms with Gasteiger partial charge in [0.2, 0.25) is 5.91 Å². The average Bonchev–Trinajstić information content (AvgIpc) is 2.95. The maximum Gasteiger partial charge on any atom is 0.352 e. The van der Waals surface area contributed by atoms with Crippen LogP contribution < -0.4 is 0 Å². The second-order valence-electron chi connectivity index (χ2n) is 5.12. The summed E-state index contributed by atoms with van der Waals surface area (Å²) in [5.74, 6) is -0.991. The minimum absolute atomic E-state index is 0.00977. The number of amides is 1. The molecule has 1 aliphatic heterocycles. The van der Waals surface area contributed by atoms with Crippen molar-refractivity contribution in [2.24, 2.45) is 0 Å². The Hall–Kier alpha value is -1.78. The molecule has 1 aliphatic rings. The smallest absolute Gasteiger partial charge is 0.352 e. The number of carboxylic acids is 1. The van der Waals surface area contributed by atoms with Gasteiger partial charge in [-0.3, -0.25) is 4.79 Å². The highest BCUT2D eigenvalue weighted by Gasteiger charge is 2.33. The molecule has 1 aromatic heterocycles. The standard InChI is InChI=1S/C14H20N2O3/c1-3-11-7-6-10(2)16(11)13(17)9-15-8-4-5-12(15)14(18)19/h4-5,8,10-11H,3,6-7,9H2,1-2H3,(H,18,19). The lowest BCUT2D eigenvalue weighted by molar-refractivity contribution is -0.134. The van der Waals surface area contributed by atoms with Crippen molar-refractivity contribution in [1.29, 1.82) is 0 Å². The number of nitrogens with zero attached hydrogens (tertiary/aromatic N) is 2. The van der Waals surface area contributed by atoms with Crippen LogP contribution in [0.1, 0.15) is 43.6 Å². The Labute approximate surface area is 112 Å². The molecule has 0 bridgehead atoms. The first-order chi connectivity index (χ1) is 9.04. The van der Waals surface area contributed by atoms with Crippen LogP contribution in [-0.4, -0.2) is 38.5 Å².